The maximum absolute atomic E-state index is 11.1. The topological polar surface area (TPSA) is 37.3 Å². The molecular weight excluding hydrogens is 224 g/mol. The lowest BCUT2D eigenvalue weighted by Crippen LogP contribution is -2.03. The van der Waals surface area contributed by atoms with Crippen LogP contribution in [0.25, 0.3) is 0 Å². The first-order chi connectivity index (χ1) is 7.35. The van der Waals surface area contributed by atoms with Crippen LogP contribution in [0.4, 0.5) is 0 Å². The van der Waals surface area contributed by atoms with Gasteiger partial charge < -0.3 is 5.11 Å². The summed E-state index contributed by atoms with van der Waals surface area (Å²) in [6.07, 6.45) is 0. The maximum atomic E-state index is 11.1. The van der Waals surface area contributed by atoms with Crippen LogP contribution in [0.1, 0.15) is 30.9 Å². The van der Waals surface area contributed by atoms with Crippen molar-refractivity contribution in [2.75, 3.05) is 0 Å². The molecule has 1 aromatic carbocycles. The van der Waals surface area contributed by atoms with Crippen LogP contribution in [-0.4, -0.2) is 11.1 Å². The molecule has 0 saturated heterocycles. The molecule has 86 valence electrons. The number of aliphatic carboxylic acids is 1. The van der Waals surface area contributed by atoms with Gasteiger partial charge in [0.05, 0.1) is 5.92 Å². The third-order valence-electron chi connectivity index (χ3n) is 3.66. The number of halogens is 1. The van der Waals surface area contributed by atoms with Gasteiger partial charge in [0.2, 0.25) is 0 Å². The van der Waals surface area contributed by atoms with Crippen LogP contribution < -0.4 is 0 Å². The lowest BCUT2D eigenvalue weighted by atomic mass is 9.99. The molecule has 0 radical (unpaired) electrons. The molecule has 0 bridgehead atoms. The number of carboxylic acids is 1. The minimum atomic E-state index is -0.704. The summed E-state index contributed by atoms with van der Waals surface area (Å²) in [5, 5.41) is 9.84. The lowest BCUT2D eigenvalue weighted by Gasteiger charge is -2.07. The van der Waals surface area contributed by atoms with Crippen LogP contribution in [0.2, 0.25) is 5.02 Å². The molecule has 2 atom stereocenters. The van der Waals surface area contributed by atoms with Crippen LogP contribution in [0.15, 0.2) is 18.2 Å². The van der Waals surface area contributed by atoms with E-state index in [4.69, 9.17) is 16.7 Å². The van der Waals surface area contributed by atoms with Crippen LogP contribution in [-0.2, 0) is 4.79 Å². The Bertz CT molecular complexity index is 451. The molecule has 2 nitrogen and oxygen atoms in total. The Balaban J connectivity index is 2.37. The number of carboxylic acid groups (broad SMARTS) is 1. The molecule has 0 aliphatic heterocycles. The van der Waals surface area contributed by atoms with E-state index in [2.05, 4.69) is 0 Å². The average Bonchev–Trinajstić information content (AvgIpc) is 2.69. The van der Waals surface area contributed by atoms with Crippen molar-refractivity contribution >= 4 is 17.6 Å². The first kappa shape index (κ1) is 11.5. The molecular formula is C13H15ClO2. The van der Waals surface area contributed by atoms with E-state index in [-0.39, 0.29) is 17.3 Å². The van der Waals surface area contributed by atoms with Gasteiger partial charge in [0.15, 0.2) is 0 Å². The van der Waals surface area contributed by atoms with Gasteiger partial charge in [0.25, 0.3) is 0 Å². The molecule has 0 heterocycles. The summed E-state index contributed by atoms with van der Waals surface area (Å²) in [6.45, 7) is 5.99. The molecule has 3 heteroatoms. The number of hydrogen-bond acceptors (Lipinski definition) is 1. The number of hydrogen-bond donors (Lipinski definition) is 1. The zero-order valence-corrected chi connectivity index (χ0v) is 10.4. The number of benzene rings is 1. The monoisotopic (exact) mass is 238 g/mol. The zero-order valence-electron chi connectivity index (χ0n) is 9.62. The van der Waals surface area contributed by atoms with Gasteiger partial charge in [0.1, 0.15) is 0 Å². The molecule has 2 rings (SSSR count). The van der Waals surface area contributed by atoms with Gasteiger partial charge in [-0.3, -0.25) is 4.79 Å². The molecule has 1 fully saturated rings. The van der Waals surface area contributed by atoms with Crippen molar-refractivity contribution < 1.29 is 9.90 Å². The van der Waals surface area contributed by atoms with Crippen LogP contribution in [0.5, 0.6) is 0 Å². The van der Waals surface area contributed by atoms with Gasteiger partial charge in [-0.2, -0.15) is 0 Å². The average molecular weight is 239 g/mol. The van der Waals surface area contributed by atoms with Gasteiger partial charge in [0, 0.05) is 10.9 Å². The predicted molar refractivity (Wildman–Crippen MR) is 63.8 cm³/mol. The van der Waals surface area contributed by atoms with Crippen molar-refractivity contribution in [3.8, 4) is 0 Å². The van der Waals surface area contributed by atoms with E-state index < -0.39 is 5.97 Å². The predicted octanol–water partition coefficient (Wildman–Crippen LogP) is 3.47. The summed E-state index contributed by atoms with van der Waals surface area (Å²) in [7, 11) is 0. The molecule has 1 N–H and O–H groups in total. The van der Waals surface area contributed by atoms with E-state index in [1.165, 1.54) is 0 Å². The van der Waals surface area contributed by atoms with E-state index in [9.17, 15) is 4.79 Å². The minimum Gasteiger partial charge on any atom is -0.481 e. The van der Waals surface area contributed by atoms with Crippen molar-refractivity contribution in [3.63, 3.8) is 0 Å². The number of rotatable bonds is 2. The first-order valence-electron chi connectivity index (χ1n) is 5.34. The summed E-state index contributed by atoms with van der Waals surface area (Å²) in [5.74, 6) is -0.862. The van der Waals surface area contributed by atoms with Gasteiger partial charge in [-0.1, -0.05) is 31.5 Å². The normalized spacial score (nSPS) is 26.5. The Kier molecular flexibility index (Phi) is 2.50. The highest BCUT2D eigenvalue weighted by molar-refractivity contribution is 6.30. The van der Waals surface area contributed by atoms with Gasteiger partial charge in [-0.25, -0.2) is 0 Å². The van der Waals surface area contributed by atoms with Crippen molar-refractivity contribution in [1.82, 2.24) is 0 Å². The molecule has 1 saturated carbocycles. The summed E-state index contributed by atoms with van der Waals surface area (Å²) in [5.41, 5.74) is 2.04. The van der Waals surface area contributed by atoms with E-state index >= 15 is 0 Å². The van der Waals surface area contributed by atoms with Gasteiger partial charge >= 0.3 is 5.97 Å². The Morgan fingerprint density at radius 1 is 1.44 bits per heavy atom. The highest BCUT2D eigenvalue weighted by Gasteiger charge is 2.62. The second kappa shape index (κ2) is 3.49. The third-order valence-corrected chi connectivity index (χ3v) is 3.90. The highest BCUT2D eigenvalue weighted by atomic mass is 35.5. The molecule has 1 aromatic rings. The Morgan fingerprint density at radius 2 is 2.06 bits per heavy atom. The smallest absolute Gasteiger partial charge is 0.307 e. The second-order valence-electron chi connectivity index (χ2n) is 5.12. The molecule has 0 spiro atoms. The van der Waals surface area contributed by atoms with Crippen LogP contribution >= 0.6 is 11.6 Å². The lowest BCUT2D eigenvalue weighted by molar-refractivity contribution is -0.139. The molecule has 1 aliphatic carbocycles. The van der Waals surface area contributed by atoms with Crippen molar-refractivity contribution in [1.29, 1.82) is 0 Å². The SMILES string of the molecule is Cc1cc(Cl)ccc1[C@@H]1[C@@H](C(=O)O)C1(C)C. The Hall–Kier alpha value is -1.02. The van der Waals surface area contributed by atoms with E-state index in [0.717, 1.165) is 11.1 Å². The maximum Gasteiger partial charge on any atom is 0.307 e. The third kappa shape index (κ3) is 1.61. The van der Waals surface area contributed by atoms with Crippen LogP contribution in [0, 0.1) is 18.3 Å². The van der Waals surface area contributed by atoms with Gasteiger partial charge in [-0.15, -0.1) is 0 Å². The summed E-state index contributed by atoms with van der Waals surface area (Å²) < 4.78 is 0. The van der Waals surface area contributed by atoms with E-state index in [1.54, 1.807) is 0 Å². The minimum absolute atomic E-state index is 0.113. The Morgan fingerprint density at radius 3 is 2.50 bits per heavy atom. The van der Waals surface area contributed by atoms with E-state index in [1.807, 2.05) is 39.0 Å². The molecule has 0 amide bonds. The fourth-order valence-electron chi connectivity index (χ4n) is 2.67. The zero-order chi connectivity index (χ0) is 12.1. The number of aryl methyl sites for hydroxylation is 1. The summed E-state index contributed by atoms with van der Waals surface area (Å²) >= 11 is 5.90. The largest absolute Gasteiger partial charge is 0.481 e. The quantitative estimate of drug-likeness (QED) is 0.857. The summed E-state index contributed by atoms with van der Waals surface area (Å²) in [4.78, 5) is 11.1. The van der Waals surface area contributed by atoms with Gasteiger partial charge in [-0.05, 0) is 35.6 Å². The molecule has 0 unspecified atom stereocenters. The number of carbonyl (C=O) groups is 1. The standard InChI is InChI=1S/C13H15ClO2/c1-7-6-8(14)4-5-9(7)10-11(12(15)16)13(10,2)3/h4-6,10-11H,1-3H3,(H,15,16)/t10-,11+/m1/s1. The van der Waals surface area contributed by atoms with Crippen molar-refractivity contribution in [3.05, 3.63) is 34.3 Å². The second-order valence-corrected chi connectivity index (χ2v) is 5.55. The molecule has 1 aliphatic rings. The molecule has 16 heavy (non-hydrogen) atoms. The molecule has 0 aromatic heterocycles. The Labute approximate surface area is 100 Å². The summed E-state index contributed by atoms with van der Waals surface area (Å²) in [6, 6.07) is 5.68. The fraction of sp³-hybridized carbons (Fsp3) is 0.462. The van der Waals surface area contributed by atoms with Crippen molar-refractivity contribution in [2.45, 2.75) is 26.7 Å². The van der Waals surface area contributed by atoms with Crippen molar-refractivity contribution in [2.24, 2.45) is 11.3 Å². The van der Waals surface area contributed by atoms with E-state index in [0.29, 0.717) is 5.02 Å². The highest BCUT2D eigenvalue weighted by Crippen LogP contribution is 2.64. The fourth-order valence-corrected chi connectivity index (χ4v) is 2.89. The first-order valence-corrected chi connectivity index (χ1v) is 5.72. The van der Waals surface area contributed by atoms with Crippen LogP contribution in [0.3, 0.4) is 0 Å².